The van der Waals surface area contributed by atoms with Crippen molar-refractivity contribution < 1.29 is 41.8 Å². The Bertz CT molecular complexity index is 1910. The van der Waals surface area contributed by atoms with Gasteiger partial charge in [0.1, 0.15) is 35.1 Å². The van der Waals surface area contributed by atoms with Crippen molar-refractivity contribution in [3.63, 3.8) is 0 Å². The number of carbonyl (C=O) groups excluding carboxylic acids is 4. The number of benzene rings is 1. The van der Waals surface area contributed by atoms with Gasteiger partial charge in [0, 0.05) is 23.1 Å². The Hall–Kier alpha value is -4.11. The van der Waals surface area contributed by atoms with E-state index >= 15 is 0 Å². The first-order valence-corrected chi connectivity index (χ1v) is 20.1. The van der Waals surface area contributed by atoms with Crippen molar-refractivity contribution in [1.82, 2.24) is 25.2 Å². The maximum absolute atomic E-state index is 14.6. The van der Waals surface area contributed by atoms with Crippen molar-refractivity contribution in [2.75, 3.05) is 13.7 Å². The highest BCUT2D eigenvalue weighted by Crippen LogP contribution is 2.46. The Labute approximate surface area is 314 Å². The van der Waals surface area contributed by atoms with E-state index in [1.807, 2.05) is 19.1 Å². The summed E-state index contributed by atoms with van der Waals surface area (Å²) in [7, 11) is -2.40. The largest absolute Gasteiger partial charge is 0.494 e. The Balaban J connectivity index is 1.34. The van der Waals surface area contributed by atoms with Gasteiger partial charge in [-0.05, 0) is 77.3 Å². The summed E-state index contributed by atoms with van der Waals surface area (Å²) in [4.78, 5) is 61.7. The molecular formula is C37H48ClN5O9S. The van der Waals surface area contributed by atoms with Crippen LogP contribution in [0.5, 0.6) is 11.6 Å². The summed E-state index contributed by atoms with van der Waals surface area (Å²) in [5, 5.41) is 6.58. The molecule has 3 heterocycles. The van der Waals surface area contributed by atoms with Crippen molar-refractivity contribution >= 4 is 56.2 Å². The number of methoxy groups -OCH3 is 1. The third kappa shape index (κ3) is 8.51. The third-order valence-corrected chi connectivity index (χ3v) is 12.4. The second-order valence-electron chi connectivity index (χ2n) is 15.5. The first-order chi connectivity index (χ1) is 25.0. The number of alkyl carbamates (subject to hydrolysis) is 1. The number of hydrogen-bond acceptors (Lipinski definition) is 10. The summed E-state index contributed by atoms with van der Waals surface area (Å²) >= 11 is 6.53. The third-order valence-electron chi connectivity index (χ3n) is 10.3. The molecule has 6 rings (SSSR count). The number of fused-ring (bicyclic) bond motifs is 3. The Kier molecular flexibility index (Phi) is 10.9. The van der Waals surface area contributed by atoms with Gasteiger partial charge in [-0.25, -0.2) is 18.2 Å². The fourth-order valence-corrected chi connectivity index (χ4v) is 8.80. The van der Waals surface area contributed by atoms with Crippen LogP contribution < -0.4 is 24.8 Å². The van der Waals surface area contributed by atoms with Gasteiger partial charge in [-0.2, -0.15) is 0 Å². The lowest BCUT2D eigenvalue weighted by molar-refractivity contribution is -0.142. The molecule has 3 fully saturated rings. The number of pyridine rings is 1. The molecule has 53 heavy (non-hydrogen) atoms. The smallest absolute Gasteiger partial charge is 0.408 e. The first-order valence-electron chi connectivity index (χ1n) is 18.2. The summed E-state index contributed by atoms with van der Waals surface area (Å²) in [6.45, 7) is 6.99. The Morgan fingerprint density at radius 3 is 2.58 bits per heavy atom. The summed E-state index contributed by atoms with van der Waals surface area (Å²) in [6, 6.07) is 3.05. The lowest BCUT2D eigenvalue weighted by Gasteiger charge is -2.32. The number of amides is 4. The average molecular weight is 774 g/mol. The van der Waals surface area contributed by atoms with E-state index in [9.17, 15) is 27.6 Å². The molecule has 0 bridgehead atoms. The van der Waals surface area contributed by atoms with E-state index in [0.29, 0.717) is 47.2 Å². The normalized spacial score (nSPS) is 28.7. The number of ether oxygens (including phenoxy) is 3. The van der Waals surface area contributed by atoms with Crippen LogP contribution in [0.25, 0.3) is 10.8 Å². The van der Waals surface area contributed by atoms with Gasteiger partial charge in [0.25, 0.3) is 5.91 Å². The molecule has 14 nitrogen and oxygen atoms in total. The highest BCUT2D eigenvalue weighted by Gasteiger charge is 2.62. The van der Waals surface area contributed by atoms with E-state index < -0.39 is 74.3 Å². The predicted octanol–water partition coefficient (Wildman–Crippen LogP) is 4.39. The van der Waals surface area contributed by atoms with Crippen LogP contribution in [0.3, 0.4) is 0 Å². The molecule has 2 aromatic rings. The second-order valence-corrected chi connectivity index (χ2v) is 17.9. The monoisotopic (exact) mass is 773 g/mol. The van der Waals surface area contributed by atoms with E-state index in [1.54, 1.807) is 39.0 Å². The molecule has 288 valence electrons. The average Bonchev–Trinajstić information content (AvgIpc) is 4.01. The van der Waals surface area contributed by atoms with E-state index in [1.165, 1.54) is 18.2 Å². The zero-order chi connectivity index (χ0) is 38.3. The summed E-state index contributed by atoms with van der Waals surface area (Å²) in [6.07, 6.45) is 7.71. The summed E-state index contributed by atoms with van der Waals surface area (Å²) in [5.74, 6) is -2.08. The zero-order valence-corrected chi connectivity index (χ0v) is 32.2. The molecule has 2 aliphatic heterocycles. The Morgan fingerprint density at radius 1 is 1.13 bits per heavy atom. The first kappa shape index (κ1) is 38.6. The van der Waals surface area contributed by atoms with Crippen LogP contribution in [0, 0.1) is 11.8 Å². The predicted molar refractivity (Wildman–Crippen MR) is 197 cm³/mol. The van der Waals surface area contributed by atoms with Crippen LogP contribution in [0.15, 0.2) is 36.5 Å². The minimum Gasteiger partial charge on any atom is -0.494 e. The van der Waals surface area contributed by atoms with Gasteiger partial charge in [-0.3, -0.25) is 19.1 Å². The van der Waals surface area contributed by atoms with Crippen molar-refractivity contribution in [3.8, 4) is 11.6 Å². The molecule has 6 atom stereocenters. The number of allylic oxidation sites excluding steroid dienone is 1. The molecule has 1 aromatic carbocycles. The topological polar surface area (TPSA) is 182 Å². The van der Waals surface area contributed by atoms with Crippen LogP contribution in [-0.4, -0.2) is 90.3 Å². The molecule has 0 spiro atoms. The molecule has 1 aromatic heterocycles. The minimum absolute atomic E-state index is 0.0134. The van der Waals surface area contributed by atoms with Crippen LogP contribution in [0.1, 0.15) is 79.1 Å². The molecule has 2 saturated carbocycles. The summed E-state index contributed by atoms with van der Waals surface area (Å²) < 4.78 is 45.3. The molecule has 4 amide bonds. The molecular weight excluding hydrogens is 726 g/mol. The van der Waals surface area contributed by atoms with Gasteiger partial charge in [-0.15, -0.1) is 0 Å². The number of aromatic nitrogens is 1. The number of rotatable bonds is 7. The molecule has 3 N–H and O–H groups in total. The SMILES string of the molecule is COc1cnc(O[C@@H]2C[C@H]3C(=O)N[C@]4(C(=O)NS(=O)(=O)C5CC5)C[C@H]4/C=C\CCCC[C@@H](C)[C@H](NC(=O)OC(C)(C)C)C(=O)N3C2)c2cccc(Cl)c12. The fraction of sp³-hybridized carbons (Fsp3) is 0.595. The maximum atomic E-state index is 14.6. The fourth-order valence-electron chi connectivity index (χ4n) is 7.17. The molecule has 0 radical (unpaired) electrons. The number of hydrogen-bond donors (Lipinski definition) is 3. The minimum atomic E-state index is -3.90. The molecule has 1 saturated heterocycles. The maximum Gasteiger partial charge on any atom is 0.408 e. The van der Waals surface area contributed by atoms with Gasteiger partial charge in [0.15, 0.2) is 0 Å². The van der Waals surface area contributed by atoms with Crippen molar-refractivity contribution in [3.05, 3.63) is 41.6 Å². The second kappa shape index (κ2) is 15.0. The molecule has 4 aliphatic rings. The van der Waals surface area contributed by atoms with Crippen LogP contribution >= 0.6 is 11.6 Å². The van der Waals surface area contributed by atoms with Gasteiger partial charge in [-0.1, -0.05) is 43.2 Å². The van der Waals surface area contributed by atoms with E-state index in [4.69, 9.17) is 25.8 Å². The standard InChI is InChI=1S/C37H48ClN5O9S/c1-21-11-8-6-7-9-12-22-18-37(22,34(46)42-53(48,49)24-15-16-24)41-31(44)27-17-23(20-43(27)33(45)30(21)40-35(47)52-36(2,3)4)51-32-25-13-10-14-26(38)29(25)28(50-5)19-39-32/h9-10,12-14,19,21-24,27,30H,6-8,11,15-18,20H2,1-5H3,(H,40,47)(H,41,44)(H,42,46)/b12-9-/t21-,22-,23-,27+,30+,37-/m1/s1. The molecule has 16 heteroatoms. The number of nitrogens with one attached hydrogen (secondary N) is 3. The highest BCUT2D eigenvalue weighted by atomic mass is 35.5. The van der Waals surface area contributed by atoms with Crippen LogP contribution in [0.4, 0.5) is 4.79 Å². The van der Waals surface area contributed by atoms with E-state index in [-0.39, 0.29) is 31.2 Å². The van der Waals surface area contributed by atoms with Crippen molar-refractivity contribution in [2.24, 2.45) is 11.8 Å². The van der Waals surface area contributed by atoms with Gasteiger partial charge >= 0.3 is 6.09 Å². The molecule has 2 aliphatic carbocycles. The quantitative estimate of drug-likeness (QED) is 0.342. The lowest BCUT2D eigenvalue weighted by atomic mass is 9.93. The van der Waals surface area contributed by atoms with Crippen LogP contribution in [-0.2, 0) is 29.1 Å². The van der Waals surface area contributed by atoms with E-state index in [2.05, 4.69) is 20.3 Å². The van der Waals surface area contributed by atoms with E-state index in [0.717, 1.165) is 12.8 Å². The number of sulfonamides is 1. The highest BCUT2D eigenvalue weighted by molar-refractivity contribution is 7.91. The van der Waals surface area contributed by atoms with Gasteiger partial charge < -0.3 is 29.7 Å². The number of halogens is 1. The summed E-state index contributed by atoms with van der Waals surface area (Å²) in [5.41, 5.74) is -2.34. The zero-order valence-electron chi connectivity index (χ0n) is 30.6. The van der Waals surface area contributed by atoms with Gasteiger partial charge in [0.2, 0.25) is 27.7 Å². The van der Waals surface area contributed by atoms with Crippen LogP contribution in [0.2, 0.25) is 5.02 Å². The van der Waals surface area contributed by atoms with Crippen molar-refractivity contribution in [1.29, 1.82) is 0 Å². The molecule has 0 unspecified atom stereocenters. The number of carbonyl (C=O) groups is 4. The van der Waals surface area contributed by atoms with Gasteiger partial charge in [0.05, 0.1) is 30.1 Å². The lowest BCUT2D eigenvalue weighted by Crippen LogP contribution is -2.59. The van der Waals surface area contributed by atoms with Crippen molar-refractivity contribution in [2.45, 2.75) is 114 Å². The Morgan fingerprint density at radius 2 is 1.89 bits per heavy atom. The number of nitrogens with zero attached hydrogens (tertiary/aromatic N) is 2.